The second kappa shape index (κ2) is 4.55. The molecule has 0 atom stereocenters. The van der Waals surface area contributed by atoms with Crippen LogP contribution in [0.1, 0.15) is 26.2 Å². The summed E-state index contributed by atoms with van der Waals surface area (Å²) in [7, 11) is 5.59. The van der Waals surface area contributed by atoms with Crippen molar-refractivity contribution < 1.29 is 0 Å². The average Bonchev–Trinajstić information content (AvgIpc) is 2.60. The number of fused-ring (bicyclic) bond motifs is 1. The van der Waals surface area contributed by atoms with E-state index in [4.69, 9.17) is 13.6 Å². The van der Waals surface area contributed by atoms with E-state index in [9.17, 15) is 0 Å². The minimum atomic E-state index is 0.411. The van der Waals surface area contributed by atoms with Gasteiger partial charge in [0.1, 0.15) is 25.6 Å². The van der Waals surface area contributed by atoms with Gasteiger partial charge in [-0.3, -0.25) is 0 Å². The van der Waals surface area contributed by atoms with Gasteiger partial charge in [-0.25, -0.2) is 9.97 Å². The standard InChI is InChI=1S/C6H5BN4.C5H10/c7-3-1-9-6-4(3)5(8)10-2-11-6;1-5-3-2-4-5/h1-2H,(H3,8,9,10,11);5H,2-4H2,1H3. The smallest absolute Gasteiger partial charge is 0.142 e. The zero-order chi connectivity index (χ0) is 11.5. The highest BCUT2D eigenvalue weighted by molar-refractivity contribution is 6.39. The van der Waals surface area contributed by atoms with Crippen molar-refractivity contribution >= 4 is 30.2 Å². The Hall–Kier alpha value is -1.52. The van der Waals surface area contributed by atoms with E-state index < -0.39 is 0 Å². The fourth-order valence-electron chi connectivity index (χ4n) is 1.62. The lowest BCUT2D eigenvalue weighted by Crippen LogP contribution is -2.04. The van der Waals surface area contributed by atoms with E-state index in [0.717, 1.165) is 5.92 Å². The lowest BCUT2D eigenvalue weighted by atomic mass is 9.88. The molecule has 4 nitrogen and oxygen atoms in total. The maximum Gasteiger partial charge on any atom is 0.142 e. The molecule has 0 saturated heterocycles. The van der Waals surface area contributed by atoms with Gasteiger partial charge in [-0.05, 0) is 12.1 Å². The number of hydrogen-bond donors (Lipinski definition) is 2. The molecule has 1 saturated carbocycles. The quantitative estimate of drug-likeness (QED) is 0.646. The van der Waals surface area contributed by atoms with Crippen LogP contribution in [0.5, 0.6) is 0 Å². The minimum Gasteiger partial charge on any atom is -0.383 e. The lowest BCUT2D eigenvalue weighted by molar-refractivity contribution is 0.346. The van der Waals surface area contributed by atoms with Crippen LogP contribution in [0.25, 0.3) is 11.0 Å². The molecule has 0 aromatic carbocycles. The molecule has 3 rings (SSSR count). The molecule has 2 aromatic rings. The minimum absolute atomic E-state index is 0.411. The van der Waals surface area contributed by atoms with E-state index in [0.29, 0.717) is 22.3 Å². The summed E-state index contributed by atoms with van der Waals surface area (Å²) in [6, 6.07) is 0. The molecule has 0 aliphatic heterocycles. The normalized spacial score (nSPS) is 15.3. The molecule has 0 bridgehead atoms. The van der Waals surface area contributed by atoms with Crippen molar-refractivity contribution in [1.29, 1.82) is 0 Å². The van der Waals surface area contributed by atoms with Crippen molar-refractivity contribution in [2.24, 2.45) is 5.92 Å². The van der Waals surface area contributed by atoms with Gasteiger partial charge in [-0.2, -0.15) is 0 Å². The Morgan fingerprint density at radius 2 is 2.12 bits per heavy atom. The molecule has 1 fully saturated rings. The van der Waals surface area contributed by atoms with Gasteiger partial charge in [-0.15, -0.1) is 0 Å². The van der Waals surface area contributed by atoms with Crippen molar-refractivity contribution in [3.8, 4) is 0 Å². The van der Waals surface area contributed by atoms with Gasteiger partial charge >= 0.3 is 0 Å². The van der Waals surface area contributed by atoms with E-state index >= 15 is 0 Å². The molecule has 2 aromatic heterocycles. The Bertz CT molecular complexity index is 476. The predicted molar refractivity (Wildman–Crippen MR) is 66.7 cm³/mol. The summed E-state index contributed by atoms with van der Waals surface area (Å²) in [5.74, 6) is 1.48. The van der Waals surface area contributed by atoms with Gasteiger partial charge in [0, 0.05) is 0 Å². The zero-order valence-corrected chi connectivity index (χ0v) is 9.40. The first-order chi connectivity index (χ1) is 7.68. The molecule has 0 spiro atoms. The van der Waals surface area contributed by atoms with E-state index in [-0.39, 0.29) is 0 Å². The second-order valence-corrected chi connectivity index (χ2v) is 4.26. The molecule has 1 aliphatic rings. The summed E-state index contributed by atoms with van der Waals surface area (Å²) in [6.45, 7) is 2.31. The van der Waals surface area contributed by atoms with E-state index in [1.54, 1.807) is 6.20 Å². The summed E-state index contributed by atoms with van der Waals surface area (Å²) in [4.78, 5) is 10.6. The molecule has 82 valence electrons. The number of aromatic amines is 1. The van der Waals surface area contributed by atoms with Crippen LogP contribution in [0.3, 0.4) is 0 Å². The maximum absolute atomic E-state index is 5.59. The Labute approximate surface area is 96.1 Å². The van der Waals surface area contributed by atoms with Crippen LogP contribution in [0.2, 0.25) is 0 Å². The van der Waals surface area contributed by atoms with Crippen LogP contribution in [0, 0.1) is 5.92 Å². The Morgan fingerprint density at radius 3 is 2.62 bits per heavy atom. The predicted octanol–water partition coefficient (Wildman–Crippen LogP) is 1.14. The van der Waals surface area contributed by atoms with E-state index in [2.05, 4.69) is 21.9 Å². The van der Waals surface area contributed by atoms with Crippen LogP contribution in [0.4, 0.5) is 5.82 Å². The maximum atomic E-state index is 5.59. The number of aromatic nitrogens is 3. The van der Waals surface area contributed by atoms with Crippen molar-refractivity contribution in [3.63, 3.8) is 0 Å². The highest BCUT2D eigenvalue weighted by Crippen LogP contribution is 2.24. The third-order valence-electron chi connectivity index (χ3n) is 2.92. The van der Waals surface area contributed by atoms with E-state index in [1.807, 2.05) is 0 Å². The molecule has 2 radical (unpaired) electrons. The van der Waals surface area contributed by atoms with Gasteiger partial charge in [0.2, 0.25) is 0 Å². The van der Waals surface area contributed by atoms with Crippen LogP contribution >= 0.6 is 0 Å². The Morgan fingerprint density at radius 1 is 1.44 bits per heavy atom. The van der Waals surface area contributed by atoms with Crippen LogP contribution in [-0.4, -0.2) is 22.8 Å². The average molecular weight is 214 g/mol. The summed E-state index contributed by atoms with van der Waals surface area (Å²) < 4.78 is 0. The van der Waals surface area contributed by atoms with Crippen molar-refractivity contribution in [3.05, 3.63) is 12.5 Å². The van der Waals surface area contributed by atoms with E-state index in [1.165, 1.54) is 25.6 Å². The third-order valence-corrected chi connectivity index (χ3v) is 2.92. The number of nitrogens with two attached hydrogens (primary N) is 1. The fourth-order valence-corrected chi connectivity index (χ4v) is 1.62. The molecular weight excluding hydrogens is 199 g/mol. The first kappa shape index (κ1) is 11.0. The van der Waals surface area contributed by atoms with Gasteiger partial charge in [-0.1, -0.05) is 31.6 Å². The van der Waals surface area contributed by atoms with Gasteiger partial charge in [0.15, 0.2) is 0 Å². The summed E-state index contributed by atoms with van der Waals surface area (Å²) in [5.41, 5.74) is 6.81. The summed E-state index contributed by atoms with van der Waals surface area (Å²) in [6.07, 6.45) is 7.50. The number of hydrogen-bond acceptors (Lipinski definition) is 3. The second-order valence-electron chi connectivity index (χ2n) is 4.26. The van der Waals surface area contributed by atoms with Crippen molar-refractivity contribution in [1.82, 2.24) is 15.0 Å². The van der Waals surface area contributed by atoms with Gasteiger partial charge in [0.25, 0.3) is 0 Å². The molecule has 0 unspecified atom stereocenters. The monoisotopic (exact) mass is 214 g/mol. The van der Waals surface area contributed by atoms with Gasteiger partial charge in [0.05, 0.1) is 5.39 Å². The van der Waals surface area contributed by atoms with Crippen molar-refractivity contribution in [2.75, 3.05) is 5.73 Å². The first-order valence-corrected chi connectivity index (χ1v) is 5.51. The van der Waals surface area contributed by atoms with Crippen LogP contribution in [0.15, 0.2) is 12.5 Å². The number of anilines is 1. The lowest BCUT2D eigenvalue weighted by Gasteiger charge is -2.18. The number of rotatable bonds is 0. The third kappa shape index (κ3) is 2.18. The van der Waals surface area contributed by atoms with Crippen LogP contribution < -0.4 is 11.2 Å². The molecule has 5 heteroatoms. The van der Waals surface area contributed by atoms with Crippen molar-refractivity contribution in [2.45, 2.75) is 26.2 Å². The van der Waals surface area contributed by atoms with Gasteiger partial charge < -0.3 is 10.7 Å². The largest absolute Gasteiger partial charge is 0.383 e. The summed E-state index contributed by atoms with van der Waals surface area (Å²) in [5, 5.41) is 0.701. The number of nitrogen functional groups attached to an aromatic ring is 1. The topological polar surface area (TPSA) is 67.6 Å². The fraction of sp³-hybridized carbons (Fsp3) is 0.455. The Balaban J connectivity index is 0.000000162. The zero-order valence-electron chi connectivity index (χ0n) is 9.40. The number of nitrogens with zero attached hydrogens (tertiary/aromatic N) is 2. The first-order valence-electron chi connectivity index (χ1n) is 5.51. The highest BCUT2D eigenvalue weighted by Gasteiger charge is 2.09. The SMILES string of the molecule is CC1CCC1.[B]c1c[nH]c2ncnc(N)c12. The number of H-pyrrole nitrogens is 1. The molecule has 0 amide bonds. The molecule has 16 heavy (non-hydrogen) atoms. The molecule has 1 aliphatic carbocycles. The number of nitrogens with one attached hydrogen (secondary N) is 1. The Kier molecular flexibility index (Phi) is 3.13. The van der Waals surface area contributed by atoms with Crippen LogP contribution in [-0.2, 0) is 0 Å². The summed E-state index contributed by atoms with van der Waals surface area (Å²) >= 11 is 0. The molecule has 2 heterocycles. The molecular formula is C11H15BN4. The highest BCUT2D eigenvalue weighted by atomic mass is 15.0. The molecule has 3 N–H and O–H groups in total.